The van der Waals surface area contributed by atoms with Crippen LogP contribution in [0, 0.1) is 0 Å². The van der Waals surface area contributed by atoms with E-state index in [4.69, 9.17) is 5.73 Å². The van der Waals surface area contributed by atoms with Crippen LogP contribution < -0.4 is 16.4 Å². The first-order valence-corrected chi connectivity index (χ1v) is 9.66. The van der Waals surface area contributed by atoms with Gasteiger partial charge in [-0.05, 0) is 50.9 Å². The SMILES string of the molecule is NC(=O)c1cccc2[nH]c(C(=O)N3CCC(NC4CCNCC4)CC3)nc12. The third-order valence-corrected chi connectivity index (χ3v) is 5.57. The van der Waals surface area contributed by atoms with Crippen LogP contribution in [0.1, 0.15) is 46.7 Å². The van der Waals surface area contributed by atoms with Gasteiger partial charge in [-0.15, -0.1) is 0 Å². The number of H-pyrrole nitrogens is 1. The standard InChI is InChI=1S/C19H26N6O2/c20-17(26)14-2-1-3-15-16(14)24-18(23-15)19(27)25-10-6-13(7-11-25)22-12-4-8-21-9-5-12/h1-3,12-13,21-22H,4-11H2,(H2,20,26)(H,23,24). The summed E-state index contributed by atoms with van der Waals surface area (Å²) >= 11 is 0. The van der Waals surface area contributed by atoms with E-state index >= 15 is 0 Å². The zero-order valence-electron chi connectivity index (χ0n) is 15.3. The molecule has 1 aromatic carbocycles. The monoisotopic (exact) mass is 370 g/mol. The number of piperidine rings is 2. The predicted octanol–water partition coefficient (Wildman–Crippen LogP) is 0.608. The molecule has 8 nitrogen and oxygen atoms in total. The number of nitrogens with one attached hydrogen (secondary N) is 3. The van der Waals surface area contributed by atoms with Crippen molar-refractivity contribution in [1.29, 1.82) is 0 Å². The summed E-state index contributed by atoms with van der Waals surface area (Å²) in [5.41, 5.74) is 6.83. The number of nitrogens with two attached hydrogens (primary N) is 1. The molecule has 2 aliphatic heterocycles. The van der Waals surface area contributed by atoms with Crippen LogP contribution >= 0.6 is 0 Å². The first-order chi connectivity index (χ1) is 13.1. The van der Waals surface area contributed by atoms with Gasteiger partial charge in [0, 0.05) is 25.2 Å². The highest BCUT2D eigenvalue weighted by atomic mass is 16.2. The summed E-state index contributed by atoms with van der Waals surface area (Å²) in [4.78, 5) is 33.6. The van der Waals surface area contributed by atoms with Gasteiger partial charge in [-0.25, -0.2) is 4.98 Å². The van der Waals surface area contributed by atoms with Gasteiger partial charge < -0.3 is 26.3 Å². The summed E-state index contributed by atoms with van der Waals surface area (Å²) in [7, 11) is 0. The van der Waals surface area contributed by atoms with Crippen LogP contribution in [0.15, 0.2) is 18.2 Å². The Morgan fingerprint density at radius 1 is 1.11 bits per heavy atom. The molecule has 0 atom stereocenters. The number of amides is 2. The van der Waals surface area contributed by atoms with E-state index in [2.05, 4.69) is 20.6 Å². The van der Waals surface area contributed by atoms with Gasteiger partial charge in [0.05, 0.1) is 11.1 Å². The third kappa shape index (κ3) is 3.81. The molecular weight excluding hydrogens is 344 g/mol. The number of likely N-dealkylation sites (tertiary alicyclic amines) is 1. The van der Waals surface area contributed by atoms with Gasteiger partial charge >= 0.3 is 0 Å². The number of nitrogens with zero attached hydrogens (tertiary/aromatic N) is 2. The van der Waals surface area contributed by atoms with Gasteiger partial charge in [0.15, 0.2) is 5.82 Å². The van der Waals surface area contributed by atoms with Gasteiger partial charge in [0.25, 0.3) is 11.8 Å². The number of hydrogen-bond donors (Lipinski definition) is 4. The highest BCUT2D eigenvalue weighted by Gasteiger charge is 2.27. The molecule has 27 heavy (non-hydrogen) atoms. The molecule has 2 aromatic rings. The number of rotatable bonds is 4. The molecule has 8 heteroatoms. The smallest absolute Gasteiger partial charge is 0.289 e. The minimum atomic E-state index is -0.545. The predicted molar refractivity (Wildman–Crippen MR) is 103 cm³/mol. The number of primary amides is 1. The number of benzene rings is 1. The zero-order chi connectivity index (χ0) is 18.8. The summed E-state index contributed by atoms with van der Waals surface area (Å²) in [5, 5.41) is 7.13. The first-order valence-electron chi connectivity index (χ1n) is 9.66. The van der Waals surface area contributed by atoms with Crippen molar-refractivity contribution >= 4 is 22.8 Å². The van der Waals surface area contributed by atoms with Crippen LogP contribution in [0.2, 0.25) is 0 Å². The van der Waals surface area contributed by atoms with E-state index in [9.17, 15) is 9.59 Å². The van der Waals surface area contributed by atoms with Crippen LogP contribution in [0.3, 0.4) is 0 Å². The molecule has 2 aliphatic rings. The average Bonchev–Trinajstić information content (AvgIpc) is 3.13. The van der Waals surface area contributed by atoms with Crippen molar-refractivity contribution in [3.05, 3.63) is 29.6 Å². The van der Waals surface area contributed by atoms with Gasteiger partial charge in [-0.3, -0.25) is 9.59 Å². The van der Waals surface area contributed by atoms with Gasteiger partial charge in [0.2, 0.25) is 0 Å². The molecule has 0 saturated carbocycles. The lowest BCUT2D eigenvalue weighted by Gasteiger charge is -2.35. The molecule has 4 rings (SSSR count). The van der Waals surface area contributed by atoms with Crippen molar-refractivity contribution in [2.75, 3.05) is 26.2 Å². The Hall–Kier alpha value is -2.45. The zero-order valence-corrected chi connectivity index (χ0v) is 15.3. The Labute approximate surface area is 157 Å². The molecule has 0 radical (unpaired) electrons. The molecule has 0 unspecified atom stereocenters. The van der Waals surface area contributed by atoms with E-state index < -0.39 is 5.91 Å². The summed E-state index contributed by atoms with van der Waals surface area (Å²) in [5.74, 6) is -0.402. The Kier molecular flexibility index (Phi) is 5.09. The minimum absolute atomic E-state index is 0.123. The van der Waals surface area contributed by atoms with E-state index in [1.54, 1.807) is 18.2 Å². The number of fused-ring (bicyclic) bond motifs is 1. The van der Waals surface area contributed by atoms with Gasteiger partial charge in [0.1, 0.15) is 5.52 Å². The van der Waals surface area contributed by atoms with E-state index in [1.165, 1.54) is 12.8 Å². The largest absolute Gasteiger partial charge is 0.366 e. The lowest BCUT2D eigenvalue weighted by molar-refractivity contribution is 0.0689. The maximum atomic E-state index is 12.8. The first kappa shape index (κ1) is 17.9. The van der Waals surface area contributed by atoms with E-state index in [-0.39, 0.29) is 11.7 Å². The molecule has 0 spiro atoms. The Bertz CT molecular complexity index is 834. The lowest BCUT2D eigenvalue weighted by Crippen LogP contribution is -2.50. The quantitative estimate of drug-likeness (QED) is 0.629. The molecule has 0 bridgehead atoms. The fourth-order valence-electron chi connectivity index (χ4n) is 4.05. The second-order valence-electron chi connectivity index (χ2n) is 7.41. The molecule has 3 heterocycles. The van der Waals surface area contributed by atoms with E-state index in [0.29, 0.717) is 41.8 Å². The van der Waals surface area contributed by atoms with Crippen molar-refractivity contribution in [2.45, 2.75) is 37.8 Å². The van der Waals surface area contributed by atoms with E-state index in [1.807, 2.05) is 4.90 Å². The summed E-state index contributed by atoms with van der Waals surface area (Å²) < 4.78 is 0. The molecule has 2 amide bonds. The molecule has 144 valence electrons. The number of para-hydroxylation sites is 1. The Balaban J connectivity index is 1.40. The topological polar surface area (TPSA) is 116 Å². The Morgan fingerprint density at radius 2 is 1.81 bits per heavy atom. The second-order valence-corrected chi connectivity index (χ2v) is 7.41. The van der Waals surface area contributed by atoms with Crippen LogP contribution in [0.25, 0.3) is 11.0 Å². The number of aromatic nitrogens is 2. The van der Waals surface area contributed by atoms with Crippen LogP contribution in [0.4, 0.5) is 0 Å². The van der Waals surface area contributed by atoms with Gasteiger partial charge in [-0.1, -0.05) is 6.07 Å². The summed E-state index contributed by atoms with van der Waals surface area (Å²) in [6.07, 6.45) is 4.23. The molecule has 2 saturated heterocycles. The van der Waals surface area contributed by atoms with Crippen molar-refractivity contribution in [2.24, 2.45) is 5.73 Å². The molecular formula is C19H26N6O2. The second kappa shape index (κ2) is 7.66. The number of carbonyl (C=O) groups is 2. The van der Waals surface area contributed by atoms with Crippen molar-refractivity contribution in [1.82, 2.24) is 25.5 Å². The van der Waals surface area contributed by atoms with E-state index in [0.717, 1.165) is 25.9 Å². The lowest BCUT2D eigenvalue weighted by atomic mass is 10.00. The average molecular weight is 370 g/mol. The molecule has 1 aromatic heterocycles. The van der Waals surface area contributed by atoms with Gasteiger partial charge in [-0.2, -0.15) is 0 Å². The highest BCUT2D eigenvalue weighted by Crippen LogP contribution is 2.19. The minimum Gasteiger partial charge on any atom is -0.366 e. The maximum absolute atomic E-state index is 12.8. The van der Waals surface area contributed by atoms with Crippen LogP contribution in [0.5, 0.6) is 0 Å². The normalized spacial score (nSPS) is 19.5. The number of imidazole rings is 1. The summed E-state index contributed by atoms with van der Waals surface area (Å²) in [6, 6.07) is 6.20. The van der Waals surface area contributed by atoms with Crippen molar-refractivity contribution < 1.29 is 9.59 Å². The van der Waals surface area contributed by atoms with Crippen molar-refractivity contribution in [3.8, 4) is 0 Å². The molecule has 5 N–H and O–H groups in total. The number of aromatic amines is 1. The van der Waals surface area contributed by atoms with Crippen molar-refractivity contribution in [3.63, 3.8) is 0 Å². The fourth-order valence-corrected chi connectivity index (χ4v) is 4.05. The molecule has 0 aliphatic carbocycles. The summed E-state index contributed by atoms with van der Waals surface area (Å²) in [6.45, 7) is 3.57. The molecule has 2 fully saturated rings. The third-order valence-electron chi connectivity index (χ3n) is 5.57. The number of carbonyl (C=O) groups excluding carboxylic acids is 2. The number of hydrogen-bond acceptors (Lipinski definition) is 5. The fraction of sp³-hybridized carbons (Fsp3) is 0.526. The van der Waals surface area contributed by atoms with Crippen LogP contribution in [-0.2, 0) is 0 Å². The highest BCUT2D eigenvalue weighted by molar-refractivity contribution is 6.05. The Morgan fingerprint density at radius 3 is 2.52 bits per heavy atom. The van der Waals surface area contributed by atoms with Crippen LogP contribution in [-0.4, -0.2) is 64.9 Å². The maximum Gasteiger partial charge on any atom is 0.289 e.